The molecule has 0 aliphatic heterocycles. The highest BCUT2D eigenvalue weighted by Gasteiger charge is 2.09. The van der Waals surface area contributed by atoms with Crippen molar-refractivity contribution in [2.75, 3.05) is 20.8 Å². The Balaban J connectivity index is 1.82. The van der Waals surface area contributed by atoms with Crippen molar-refractivity contribution < 1.29 is 14.3 Å². The smallest absolute Gasteiger partial charge is 0.251 e. The highest BCUT2D eigenvalue weighted by molar-refractivity contribution is 9.10. The Hall–Kier alpha value is -2.28. The molecular weight excluding hydrogens is 388 g/mol. The van der Waals surface area contributed by atoms with E-state index in [2.05, 4.69) is 21.2 Å². The van der Waals surface area contributed by atoms with Gasteiger partial charge in [0.1, 0.15) is 11.5 Å². The van der Waals surface area contributed by atoms with Gasteiger partial charge in [-0.05, 0) is 47.0 Å². The van der Waals surface area contributed by atoms with E-state index in [4.69, 9.17) is 9.47 Å². The first kappa shape index (κ1) is 19.1. The molecule has 0 bridgehead atoms. The molecule has 0 aliphatic carbocycles. The maximum Gasteiger partial charge on any atom is 0.251 e. The van der Waals surface area contributed by atoms with Crippen LogP contribution in [0.1, 0.15) is 23.2 Å². The Bertz CT molecular complexity index is 767. The number of nitrogens with one attached hydrogen (secondary N) is 1. The molecule has 0 fully saturated rings. The number of carbonyl (C=O) groups is 1. The van der Waals surface area contributed by atoms with Crippen molar-refractivity contribution in [3.63, 3.8) is 0 Å². The Kier molecular flexibility index (Phi) is 7.06. The Morgan fingerprint density at radius 1 is 1.12 bits per heavy atom. The molecule has 2 rings (SSSR count). The summed E-state index contributed by atoms with van der Waals surface area (Å²) in [5.74, 6) is 0.953. The fraction of sp³-hybridized carbons (Fsp3) is 0.333. The lowest BCUT2D eigenvalue weighted by Crippen LogP contribution is -2.25. The predicted octanol–water partition coefficient (Wildman–Crippen LogP) is 2.84. The van der Waals surface area contributed by atoms with Crippen LogP contribution in [0.15, 0.2) is 45.8 Å². The molecule has 7 heteroatoms. The average Bonchev–Trinajstić information content (AvgIpc) is 2.63. The minimum absolute atomic E-state index is 0.0317. The molecule has 134 valence electrons. The summed E-state index contributed by atoms with van der Waals surface area (Å²) in [6.07, 6.45) is 3.33. The van der Waals surface area contributed by atoms with Crippen molar-refractivity contribution in [2.24, 2.45) is 0 Å². The molecule has 0 spiro atoms. The van der Waals surface area contributed by atoms with E-state index in [1.807, 2.05) is 0 Å². The van der Waals surface area contributed by atoms with Gasteiger partial charge in [-0.1, -0.05) is 0 Å². The molecule has 1 amide bonds. The van der Waals surface area contributed by atoms with Crippen LogP contribution in [0, 0.1) is 0 Å². The predicted molar refractivity (Wildman–Crippen MR) is 99.5 cm³/mol. The lowest BCUT2D eigenvalue weighted by atomic mass is 10.2. The van der Waals surface area contributed by atoms with Crippen LogP contribution in [0.4, 0.5) is 0 Å². The number of hydrogen-bond acceptors (Lipinski definition) is 4. The maximum absolute atomic E-state index is 12.2. The van der Waals surface area contributed by atoms with E-state index in [1.54, 1.807) is 49.2 Å². The van der Waals surface area contributed by atoms with Crippen LogP contribution in [0.2, 0.25) is 0 Å². The number of aromatic nitrogens is 1. The van der Waals surface area contributed by atoms with Gasteiger partial charge < -0.3 is 19.4 Å². The molecule has 25 heavy (non-hydrogen) atoms. The van der Waals surface area contributed by atoms with Crippen molar-refractivity contribution >= 4 is 21.8 Å². The summed E-state index contributed by atoms with van der Waals surface area (Å²) in [5.41, 5.74) is 0.454. The van der Waals surface area contributed by atoms with Crippen molar-refractivity contribution in [2.45, 2.75) is 19.4 Å². The highest BCUT2D eigenvalue weighted by atomic mass is 79.9. The van der Waals surface area contributed by atoms with Crippen molar-refractivity contribution in [1.29, 1.82) is 0 Å². The fourth-order valence-corrected chi connectivity index (χ4v) is 2.71. The Morgan fingerprint density at radius 2 is 1.80 bits per heavy atom. The number of hydrogen-bond donors (Lipinski definition) is 1. The van der Waals surface area contributed by atoms with E-state index >= 15 is 0 Å². The summed E-state index contributed by atoms with van der Waals surface area (Å²) >= 11 is 3.35. The number of aryl methyl sites for hydroxylation is 1. The number of nitrogens with zero attached hydrogens (tertiary/aromatic N) is 1. The molecule has 6 nitrogen and oxygen atoms in total. The number of benzene rings is 1. The van der Waals surface area contributed by atoms with Crippen LogP contribution < -0.4 is 20.3 Å². The zero-order valence-electron chi connectivity index (χ0n) is 14.3. The number of ether oxygens (including phenoxy) is 2. The lowest BCUT2D eigenvalue weighted by Gasteiger charge is -2.10. The van der Waals surface area contributed by atoms with Gasteiger partial charge in [-0.25, -0.2) is 0 Å². The van der Waals surface area contributed by atoms with Gasteiger partial charge in [-0.2, -0.15) is 0 Å². The first-order valence-corrected chi connectivity index (χ1v) is 8.70. The number of carbonyl (C=O) groups excluding carboxylic acids is 1. The van der Waals surface area contributed by atoms with Crippen LogP contribution in [-0.2, 0) is 6.54 Å². The number of amides is 1. The summed E-state index contributed by atoms with van der Waals surface area (Å²) in [7, 11) is 3.08. The number of rotatable bonds is 8. The quantitative estimate of drug-likeness (QED) is 0.681. The van der Waals surface area contributed by atoms with E-state index in [9.17, 15) is 9.59 Å². The molecule has 1 N–H and O–H groups in total. The molecule has 0 unspecified atom stereocenters. The standard InChI is InChI=1S/C18H21BrN2O4/c1-24-15-9-13(10-16(11-15)25-2)18(23)20-7-3-4-8-21-12-14(19)5-6-17(21)22/h5-6,9-12H,3-4,7-8H2,1-2H3,(H,20,23). The molecule has 0 aliphatic rings. The molecule has 0 atom stereocenters. The lowest BCUT2D eigenvalue weighted by molar-refractivity contribution is 0.0952. The van der Waals surface area contributed by atoms with Crippen LogP contribution in [0.25, 0.3) is 0 Å². The maximum atomic E-state index is 12.2. The van der Waals surface area contributed by atoms with E-state index in [0.717, 1.165) is 17.3 Å². The first-order chi connectivity index (χ1) is 12.0. The van der Waals surface area contributed by atoms with Crippen LogP contribution >= 0.6 is 15.9 Å². The van der Waals surface area contributed by atoms with Gasteiger partial charge >= 0.3 is 0 Å². The topological polar surface area (TPSA) is 69.6 Å². The Morgan fingerprint density at radius 3 is 2.44 bits per heavy atom. The SMILES string of the molecule is COc1cc(OC)cc(C(=O)NCCCCn2cc(Br)ccc2=O)c1. The van der Waals surface area contributed by atoms with Crippen LogP contribution in [-0.4, -0.2) is 31.2 Å². The molecular formula is C18H21BrN2O4. The van der Waals surface area contributed by atoms with E-state index < -0.39 is 0 Å². The second-order valence-corrected chi connectivity index (χ2v) is 6.36. The summed E-state index contributed by atoms with van der Waals surface area (Å²) in [4.78, 5) is 23.9. The summed E-state index contributed by atoms with van der Waals surface area (Å²) in [6, 6.07) is 8.30. The minimum atomic E-state index is -0.183. The van der Waals surface area contributed by atoms with Crippen molar-refractivity contribution in [3.8, 4) is 11.5 Å². The fourth-order valence-electron chi connectivity index (χ4n) is 2.33. The molecule has 1 aromatic carbocycles. The molecule has 1 aromatic heterocycles. The number of pyridine rings is 1. The van der Waals surface area contributed by atoms with Gasteiger partial charge in [0.25, 0.3) is 11.5 Å². The molecule has 1 heterocycles. The van der Waals surface area contributed by atoms with Gasteiger partial charge in [-0.3, -0.25) is 9.59 Å². The van der Waals surface area contributed by atoms with Gasteiger partial charge in [0.15, 0.2) is 0 Å². The molecule has 2 aromatic rings. The summed E-state index contributed by atoms with van der Waals surface area (Å²) < 4.78 is 12.8. The zero-order chi connectivity index (χ0) is 18.2. The average molecular weight is 409 g/mol. The second-order valence-electron chi connectivity index (χ2n) is 5.44. The Labute approximate surface area is 154 Å². The third kappa shape index (κ3) is 5.63. The third-order valence-electron chi connectivity index (χ3n) is 3.67. The van der Waals surface area contributed by atoms with E-state index in [-0.39, 0.29) is 11.5 Å². The number of unbranched alkanes of at least 4 members (excludes halogenated alkanes) is 1. The van der Waals surface area contributed by atoms with Crippen LogP contribution in [0.5, 0.6) is 11.5 Å². The highest BCUT2D eigenvalue weighted by Crippen LogP contribution is 2.22. The van der Waals surface area contributed by atoms with Gasteiger partial charge in [0, 0.05) is 41.5 Å². The normalized spacial score (nSPS) is 10.4. The largest absolute Gasteiger partial charge is 0.497 e. The van der Waals surface area contributed by atoms with Gasteiger partial charge in [-0.15, -0.1) is 0 Å². The molecule has 0 saturated heterocycles. The minimum Gasteiger partial charge on any atom is -0.497 e. The number of methoxy groups -OCH3 is 2. The first-order valence-electron chi connectivity index (χ1n) is 7.90. The third-order valence-corrected chi connectivity index (χ3v) is 4.14. The molecule has 0 radical (unpaired) electrons. The van der Waals surface area contributed by atoms with E-state index in [0.29, 0.717) is 30.2 Å². The van der Waals surface area contributed by atoms with E-state index in [1.165, 1.54) is 6.07 Å². The monoisotopic (exact) mass is 408 g/mol. The summed E-state index contributed by atoms with van der Waals surface area (Å²) in [5, 5.41) is 2.87. The van der Waals surface area contributed by atoms with Crippen LogP contribution in [0.3, 0.4) is 0 Å². The molecule has 0 saturated carbocycles. The zero-order valence-corrected chi connectivity index (χ0v) is 15.8. The second kappa shape index (κ2) is 9.27. The number of halogens is 1. The van der Waals surface area contributed by atoms with Gasteiger partial charge in [0.05, 0.1) is 14.2 Å². The van der Waals surface area contributed by atoms with Crippen molar-refractivity contribution in [1.82, 2.24) is 9.88 Å². The van der Waals surface area contributed by atoms with Gasteiger partial charge in [0.2, 0.25) is 0 Å². The van der Waals surface area contributed by atoms with Crippen molar-refractivity contribution in [3.05, 3.63) is 56.9 Å². The summed E-state index contributed by atoms with van der Waals surface area (Å²) in [6.45, 7) is 1.14.